The topological polar surface area (TPSA) is 88.1 Å². The molecule has 32 heavy (non-hydrogen) atoms. The lowest BCUT2D eigenvalue weighted by Crippen LogP contribution is -2.29. The van der Waals surface area contributed by atoms with Crippen molar-refractivity contribution in [2.24, 2.45) is 10.7 Å². The number of para-hydroxylation sites is 1. The van der Waals surface area contributed by atoms with E-state index in [0.717, 1.165) is 37.0 Å². The van der Waals surface area contributed by atoms with E-state index in [1.165, 1.54) is 10.9 Å². The summed E-state index contributed by atoms with van der Waals surface area (Å²) in [5, 5.41) is 2.35. The van der Waals surface area contributed by atoms with Crippen LogP contribution >= 0.6 is 0 Å². The number of amides is 1. The molecule has 7 nitrogen and oxygen atoms in total. The predicted molar refractivity (Wildman–Crippen MR) is 124 cm³/mol. The number of nitrogens with two attached hydrogens (primary N) is 1. The van der Waals surface area contributed by atoms with Crippen molar-refractivity contribution < 1.29 is 19.0 Å². The number of hydrogen-bond donors (Lipinski definition) is 1. The highest BCUT2D eigenvalue weighted by molar-refractivity contribution is 6.11. The molecule has 168 valence electrons. The number of amidine groups is 1. The molecule has 1 aromatic heterocycles. The van der Waals surface area contributed by atoms with Gasteiger partial charge in [0.1, 0.15) is 5.84 Å². The zero-order valence-electron chi connectivity index (χ0n) is 18.2. The molecule has 2 aliphatic heterocycles. The van der Waals surface area contributed by atoms with Gasteiger partial charge in [0.2, 0.25) is 0 Å². The van der Waals surface area contributed by atoms with Gasteiger partial charge < -0.3 is 24.5 Å². The van der Waals surface area contributed by atoms with Crippen molar-refractivity contribution in [3.05, 3.63) is 48.0 Å². The van der Waals surface area contributed by atoms with Gasteiger partial charge in [0.25, 0.3) is 5.91 Å². The van der Waals surface area contributed by atoms with Gasteiger partial charge in [-0.05, 0) is 37.5 Å². The summed E-state index contributed by atoms with van der Waals surface area (Å²) in [5.74, 6) is 0.0169. The molecule has 7 heteroatoms. The van der Waals surface area contributed by atoms with Crippen molar-refractivity contribution in [2.45, 2.75) is 37.8 Å². The molecule has 2 aliphatic rings. The maximum absolute atomic E-state index is 12.9. The lowest BCUT2D eigenvalue weighted by Gasteiger charge is -2.25. The van der Waals surface area contributed by atoms with E-state index in [1.807, 2.05) is 18.2 Å². The van der Waals surface area contributed by atoms with Crippen LogP contribution in [0.4, 0.5) is 0 Å². The zero-order valence-corrected chi connectivity index (χ0v) is 18.2. The van der Waals surface area contributed by atoms with Crippen molar-refractivity contribution in [3.8, 4) is 0 Å². The normalized spacial score (nSPS) is 20.8. The molecular weight excluding hydrogens is 406 g/mol. The lowest BCUT2D eigenvalue weighted by molar-refractivity contribution is -0.0897. The number of carbonyl (C=O) groups excluding carboxylic acids is 1. The van der Waals surface area contributed by atoms with Crippen LogP contribution in [0.2, 0.25) is 0 Å². The molecule has 2 aromatic carbocycles. The lowest BCUT2D eigenvalue weighted by atomic mass is 10.1. The Kier molecular flexibility index (Phi) is 6.21. The third-order valence-electron chi connectivity index (χ3n) is 6.37. The molecule has 3 aromatic rings. The molecule has 1 unspecified atom stereocenters. The largest absolute Gasteiger partial charge is 0.387 e. The predicted octanol–water partition coefficient (Wildman–Crippen LogP) is 3.84. The second kappa shape index (κ2) is 9.40. The van der Waals surface area contributed by atoms with E-state index in [4.69, 9.17) is 19.9 Å². The summed E-state index contributed by atoms with van der Waals surface area (Å²) in [5.41, 5.74) is 8.87. The first kappa shape index (κ1) is 21.1. The van der Waals surface area contributed by atoms with E-state index in [1.54, 1.807) is 0 Å². The van der Waals surface area contributed by atoms with Crippen LogP contribution in [-0.2, 0) is 14.2 Å². The van der Waals surface area contributed by atoms with Crippen LogP contribution in [0.5, 0.6) is 0 Å². The van der Waals surface area contributed by atoms with Crippen molar-refractivity contribution in [3.63, 3.8) is 0 Å². The van der Waals surface area contributed by atoms with Crippen molar-refractivity contribution in [1.82, 2.24) is 4.57 Å². The Hall–Kier alpha value is -2.74. The molecule has 2 N–H and O–H groups in total. The number of nitrogens with zero attached hydrogens (tertiary/aromatic N) is 2. The van der Waals surface area contributed by atoms with Crippen molar-refractivity contribution in [2.75, 3.05) is 33.0 Å². The van der Waals surface area contributed by atoms with Crippen LogP contribution in [0.15, 0.2) is 47.5 Å². The molecule has 2 saturated heterocycles. The van der Waals surface area contributed by atoms with Crippen LogP contribution < -0.4 is 5.73 Å². The number of hydrogen-bond acceptors (Lipinski definition) is 4. The van der Waals surface area contributed by atoms with Crippen molar-refractivity contribution in [1.29, 1.82) is 0 Å². The van der Waals surface area contributed by atoms with Gasteiger partial charge in [0.05, 0.1) is 31.4 Å². The van der Waals surface area contributed by atoms with Gasteiger partial charge in [0, 0.05) is 47.5 Å². The second-order valence-corrected chi connectivity index (χ2v) is 8.48. The zero-order chi connectivity index (χ0) is 21.9. The number of benzene rings is 2. The minimum atomic E-state index is -0.311. The molecule has 0 spiro atoms. The van der Waals surface area contributed by atoms with Gasteiger partial charge in [-0.1, -0.05) is 24.3 Å². The smallest absolute Gasteiger partial charge is 0.278 e. The fraction of sp³-hybridized carbons (Fsp3) is 0.440. The molecule has 3 heterocycles. The summed E-state index contributed by atoms with van der Waals surface area (Å²) < 4.78 is 19.0. The average Bonchev–Trinajstić information content (AvgIpc) is 3.17. The fourth-order valence-electron chi connectivity index (χ4n) is 4.73. The van der Waals surface area contributed by atoms with Crippen LogP contribution in [0, 0.1) is 0 Å². The molecule has 1 amide bonds. The van der Waals surface area contributed by atoms with E-state index in [0.29, 0.717) is 50.1 Å². The number of ether oxygens (including phenoxy) is 3. The maximum Gasteiger partial charge on any atom is 0.278 e. The molecule has 0 bridgehead atoms. The minimum absolute atomic E-state index is 0.0131. The number of fused-ring (bicyclic) bond motifs is 3. The Morgan fingerprint density at radius 2 is 1.81 bits per heavy atom. The standard InChI is InChI=1S/C25H29N3O4/c26-24(8-6-19-16-31-13-14-32-19)27-25(29)17-5-7-21-20-3-1-2-4-22(20)28(23(21)15-17)18-9-11-30-12-10-18/h1-5,7,15,18-19H,6,8-14,16H2,(H2,26,27,29). The van der Waals surface area contributed by atoms with E-state index < -0.39 is 0 Å². The molecule has 0 aliphatic carbocycles. The molecule has 0 radical (unpaired) electrons. The molecule has 0 saturated carbocycles. The van der Waals surface area contributed by atoms with Crippen LogP contribution in [0.1, 0.15) is 42.1 Å². The van der Waals surface area contributed by atoms with Crippen LogP contribution in [0.25, 0.3) is 21.8 Å². The molecule has 1 atom stereocenters. The molecule has 5 rings (SSSR count). The number of aromatic nitrogens is 1. The number of rotatable bonds is 5. The monoisotopic (exact) mass is 435 g/mol. The van der Waals surface area contributed by atoms with E-state index in [-0.39, 0.29) is 12.0 Å². The van der Waals surface area contributed by atoms with E-state index in [2.05, 4.69) is 33.8 Å². The average molecular weight is 436 g/mol. The summed E-state index contributed by atoms with van der Waals surface area (Å²) in [6, 6.07) is 14.6. The highest BCUT2D eigenvalue weighted by Crippen LogP contribution is 2.35. The van der Waals surface area contributed by atoms with Crippen molar-refractivity contribution >= 4 is 33.5 Å². The van der Waals surface area contributed by atoms with Gasteiger partial charge in [-0.15, -0.1) is 0 Å². The SMILES string of the molecule is NC(CCC1COCCO1)=NC(=O)c1ccc2c3ccccc3n(C3CCOCC3)c2c1. The number of carbonyl (C=O) groups is 1. The molecule has 2 fully saturated rings. The first-order valence-corrected chi connectivity index (χ1v) is 11.4. The Labute approximate surface area is 187 Å². The summed E-state index contributed by atoms with van der Waals surface area (Å²) >= 11 is 0. The van der Waals surface area contributed by atoms with Gasteiger partial charge in [-0.2, -0.15) is 4.99 Å². The minimum Gasteiger partial charge on any atom is -0.387 e. The fourth-order valence-corrected chi connectivity index (χ4v) is 4.73. The Bertz CT molecular complexity index is 1140. The van der Waals surface area contributed by atoms with Crippen LogP contribution in [-0.4, -0.2) is 55.4 Å². The molecular formula is C25H29N3O4. The summed E-state index contributed by atoms with van der Waals surface area (Å²) in [6.07, 6.45) is 3.14. The Morgan fingerprint density at radius 3 is 2.62 bits per heavy atom. The highest BCUT2D eigenvalue weighted by Gasteiger charge is 2.22. The summed E-state index contributed by atoms with van der Waals surface area (Å²) in [4.78, 5) is 17.1. The highest BCUT2D eigenvalue weighted by atomic mass is 16.6. The quantitative estimate of drug-likeness (QED) is 0.486. The van der Waals surface area contributed by atoms with Gasteiger partial charge in [0.15, 0.2) is 0 Å². The second-order valence-electron chi connectivity index (χ2n) is 8.48. The summed E-state index contributed by atoms with van der Waals surface area (Å²) in [6.45, 7) is 3.31. The number of aliphatic imine (C=N–C) groups is 1. The first-order chi connectivity index (χ1) is 15.7. The third-order valence-corrected chi connectivity index (χ3v) is 6.37. The van der Waals surface area contributed by atoms with Crippen LogP contribution in [0.3, 0.4) is 0 Å². The van der Waals surface area contributed by atoms with Gasteiger partial charge in [-0.3, -0.25) is 4.79 Å². The van der Waals surface area contributed by atoms with E-state index >= 15 is 0 Å². The van der Waals surface area contributed by atoms with Gasteiger partial charge >= 0.3 is 0 Å². The van der Waals surface area contributed by atoms with E-state index in [9.17, 15) is 4.79 Å². The maximum atomic E-state index is 12.9. The Balaban J connectivity index is 1.43. The first-order valence-electron chi connectivity index (χ1n) is 11.4. The van der Waals surface area contributed by atoms with Gasteiger partial charge in [-0.25, -0.2) is 0 Å². The Morgan fingerprint density at radius 1 is 1.00 bits per heavy atom. The third kappa shape index (κ3) is 4.28. The summed E-state index contributed by atoms with van der Waals surface area (Å²) in [7, 11) is 0.